The number of halogens is 2. The highest BCUT2D eigenvalue weighted by Gasteiger charge is 2.42. The molecule has 2 rings (SSSR count). The number of methoxy groups -OCH3 is 1. The van der Waals surface area contributed by atoms with E-state index in [0.717, 1.165) is 6.42 Å². The van der Waals surface area contributed by atoms with E-state index in [1.807, 2.05) is 0 Å². The first kappa shape index (κ1) is 13.8. The van der Waals surface area contributed by atoms with Crippen LogP contribution < -0.4 is 4.74 Å². The van der Waals surface area contributed by atoms with Crippen molar-refractivity contribution in [3.8, 4) is 5.75 Å². The van der Waals surface area contributed by atoms with E-state index in [1.165, 1.54) is 12.1 Å². The molecule has 0 bridgehead atoms. The average Bonchev–Trinajstić information content (AvgIpc) is 2.34. The molecule has 1 saturated carbocycles. The SMILES string of the molecule is COCCOC1C(Br)CC1Oc1cccc(F)c1. The van der Waals surface area contributed by atoms with Crippen LogP contribution in [0.3, 0.4) is 0 Å². The molecule has 0 aliphatic heterocycles. The van der Waals surface area contributed by atoms with E-state index in [2.05, 4.69) is 15.9 Å². The molecule has 0 N–H and O–H groups in total. The molecule has 3 unspecified atom stereocenters. The molecular formula is C13H16BrFO3. The fourth-order valence-electron chi connectivity index (χ4n) is 1.84. The summed E-state index contributed by atoms with van der Waals surface area (Å²) in [4.78, 5) is 0.285. The van der Waals surface area contributed by atoms with E-state index in [0.29, 0.717) is 19.0 Å². The number of hydrogen-bond acceptors (Lipinski definition) is 3. The van der Waals surface area contributed by atoms with Crippen LogP contribution >= 0.6 is 15.9 Å². The van der Waals surface area contributed by atoms with Gasteiger partial charge in [0.15, 0.2) is 0 Å². The van der Waals surface area contributed by atoms with Crippen LogP contribution in [0.2, 0.25) is 0 Å². The first-order chi connectivity index (χ1) is 8.70. The van der Waals surface area contributed by atoms with Crippen molar-refractivity contribution in [3.05, 3.63) is 30.1 Å². The summed E-state index contributed by atoms with van der Waals surface area (Å²) in [5.74, 6) is 0.249. The van der Waals surface area contributed by atoms with Crippen LogP contribution in [0.5, 0.6) is 5.75 Å². The molecule has 18 heavy (non-hydrogen) atoms. The Kier molecular flexibility index (Phi) is 4.97. The van der Waals surface area contributed by atoms with Crippen molar-refractivity contribution in [2.45, 2.75) is 23.5 Å². The molecule has 0 aromatic heterocycles. The summed E-state index contributed by atoms with van der Waals surface area (Å²) in [5, 5.41) is 0. The van der Waals surface area contributed by atoms with E-state index >= 15 is 0 Å². The van der Waals surface area contributed by atoms with Gasteiger partial charge in [-0.3, -0.25) is 0 Å². The molecule has 1 aromatic rings. The number of rotatable bonds is 6. The summed E-state index contributed by atoms with van der Waals surface area (Å²) in [7, 11) is 1.64. The smallest absolute Gasteiger partial charge is 0.127 e. The maximum Gasteiger partial charge on any atom is 0.127 e. The van der Waals surface area contributed by atoms with Crippen molar-refractivity contribution in [3.63, 3.8) is 0 Å². The molecule has 100 valence electrons. The van der Waals surface area contributed by atoms with Gasteiger partial charge >= 0.3 is 0 Å². The number of hydrogen-bond donors (Lipinski definition) is 0. The minimum atomic E-state index is -0.293. The maximum absolute atomic E-state index is 13.0. The Labute approximate surface area is 114 Å². The lowest BCUT2D eigenvalue weighted by Crippen LogP contribution is -2.52. The fraction of sp³-hybridized carbons (Fsp3) is 0.538. The molecule has 0 amide bonds. The Morgan fingerprint density at radius 1 is 1.39 bits per heavy atom. The summed E-state index contributed by atoms with van der Waals surface area (Å²) in [6, 6.07) is 6.16. The van der Waals surface area contributed by atoms with Gasteiger partial charge in [0, 0.05) is 24.4 Å². The second kappa shape index (κ2) is 6.50. The summed E-state index contributed by atoms with van der Waals surface area (Å²) >= 11 is 3.53. The van der Waals surface area contributed by atoms with Gasteiger partial charge in [-0.15, -0.1) is 0 Å². The molecule has 1 aromatic carbocycles. The van der Waals surface area contributed by atoms with Gasteiger partial charge in [0.25, 0.3) is 0 Å². The molecular weight excluding hydrogens is 303 g/mol. The molecule has 0 spiro atoms. The van der Waals surface area contributed by atoms with Crippen LogP contribution in [-0.2, 0) is 9.47 Å². The second-order valence-electron chi connectivity index (χ2n) is 4.19. The quantitative estimate of drug-likeness (QED) is 0.596. The predicted octanol–water partition coefficient (Wildman–Crippen LogP) is 2.77. The van der Waals surface area contributed by atoms with E-state index in [9.17, 15) is 4.39 Å². The highest BCUT2D eigenvalue weighted by Crippen LogP contribution is 2.34. The normalized spacial score (nSPS) is 26.7. The van der Waals surface area contributed by atoms with Crippen molar-refractivity contribution >= 4 is 15.9 Å². The highest BCUT2D eigenvalue weighted by molar-refractivity contribution is 9.09. The summed E-state index contributed by atoms with van der Waals surface area (Å²) in [6.45, 7) is 1.09. The van der Waals surface area contributed by atoms with Gasteiger partial charge in [0.1, 0.15) is 23.8 Å². The minimum Gasteiger partial charge on any atom is -0.488 e. The summed E-state index contributed by atoms with van der Waals surface area (Å²) in [6.07, 6.45) is 0.810. The molecule has 3 nitrogen and oxygen atoms in total. The topological polar surface area (TPSA) is 27.7 Å². The van der Waals surface area contributed by atoms with E-state index in [1.54, 1.807) is 19.2 Å². The number of alkyl halides is 1. The van der Waals surface area contributed by atoms with Crippen LogP contribution in [-0.4, -0.2) is 37.4 Å². The van der Waals surface area contributed by atoms with Crippen LogP contribution in [0.25, 0.3) is 0 Å². The maximum atomic E-state index is 13.0. The Hall–Kier alpha value is -0.650. The number of ether oxygens (including phenoxy) is 3. The molecule has 0 saturated heterocycles. The molecule has 1 aliphatic rings. The second-order valence-corrected chi connectivity index (χ2v) is 5.37. The highest BCUT2D eigenvalue weighted by atomic mass is 79.9. The van der Waals surface area contributed by atoms with Crippen molar-refractivity contribution < 1.29 is 18.6 Å². The fourth-order valence-corrected chi connectivity index (χ4v) is 2.70. The van der Waals surface area contributed by atoms with Crippen molar-refractivity contribution in [1.82, 2.24) is 0 Å². The van der Waals surface area contributed by atoms with Crippen LogP contribution in [0.15, 0.2) is 24.3 Å². The van der Waals surface area contributed by atoms with Gasteiger partial charge in [-0.25, -0.2) is 4.39 Å². The standard InChI is InChI=1S/C13H16BrFO3/c1-16-5-6-17-13-11(14)8-12(13)18-10-4-2-3-9(15)7-10/h2-4,7,11-13H,5-6,8H2,1H3. The van der Waals surface area contributed by atoms with Crippen LogP contribution in [0.1, 0.15) is 6.42 Å². The summed E-state index contributed by atoms with van der Waals surface area (Å²) < 4.78 is 29.3. The molecule has 1 fully saturated rings. The average molecular weight is 319 g/mol. The van der Waals surface area contributed by atoms with E-state index in [-0.39, 0.29) is 22.9 Å². The first-order valence-electron chi connectivity index (χ1n) is 5.87. The Morgan fingerprint density at radius 3 is 2.89 bits per heavy atom. The lowest BCUT2D eigenvalue weighted by Gasteiger charge is -2.40. The van der Waals surface area contributed by atoms with Crippen LogP contribution in [0, 0.1) is 5.82 Å². The lowest BCUT2D eigenvalue weighted by molar-refractivity contribution is -0.0866. The Balaban J connectivity index is 1.85. The van der Waals surface area contributed by atoms with Gasteiger partial charge in [0.05, 0.1) is 13.2 Å². The lowest BCUT2D eigenvalue weighted by atomic mass is 9.91. The van der Waals surface area contributed by atoms with Crippen molar-refractivity contribution in [2.75, 3.05) is 20.3 Å². The Morgan fingerprint density at radius 2 is 2.22 bits per heavy atom. The summed E-state index contributed by atoms with van der Waals surface area (Å²) in [5.41, 5.74) is 0. The van der Waals surface area contributed by atoms with Crippen molar-refractivity contribution in [1.29, 1.82) is 0 Å². The monoisotopic (exact) mass is 318 g/mol. The largest absolute Gasteiger partial charge is 0.488 e. The zero-order valence-corrected chi connectivity index (χ0v) is 11.7. The van der Waals surface area contributed by atoms with Crippen LogP contribution in [0.4, 0.5) is 4.39 Å². The first-order valence-corrected chi connectivity index (χ1v) is 6.79. The zero-order valence-electron chi connectivity index (χ0n) is 10.1. The number of benzene rings is 1. The third-order valence-corrected chi connectivity index (χ3v) is 3.76. The minimum absolute atomic E-state index is 0.0107. The molecule has 1 aliphatic carbocycles. The third-order valence-electron chi connectivity index (χ3n) is 2.86. The third kappa shape index (κ3) is 3.43. The van der Waals surface area contributed by atoms with Gasteiger partial charge < -0.3 is 14.2 Å². The van der Waals surface area contributed by atoms with Crippen molar-refractivity contribution in [2.24, 2.45) is 0 Å². The van der Waals surface area contributed by atoms with E-state index in [4.69, 9.17) is 14.2 Å². The van der Waals surface area contributed by atoms with Gasteiger partial charge in [-0.1, -0.05) is 22.0 Å². The molecule has 0 heterocycles. The molecule has 5 heteroatoms. The zero-order chi connectivity index (χ0) is 13.0. The Bertz CT molecular complexity index is 388. The van der Waals surface area contributed by atoms with Gasteiger partial charge in [-0.05, 0) is 12.1 Å². The molecule has 0 radical (unpaired) electrons. The predicted molar refractivity (Wildman–Crippen MR) is 69.8 cm³/mol. The van der Waals surface area contributed by atoms with Gasteiger partial charge in [-0.2, -0.15) is 0 Å². The van der Waals surface area contributed by atoms with E-state index < -0.39 is 0 Å². The van der Waals surface area contributed by atoms with Gasteiger partial charge in [0.2, 0.25) is 0 Å². The molecule has 3 atom stereocenters.